The van der Waals surface area contributed by atoms with E-state index >= 15 is 0 Å². The first-order chi connectivity index (χ1) is 10.9. The van der Waals surface area contributed by atoms with Crippen LogP contribution in [0.3, 0.4) is 0 Å². The molecule has 0 aliphatic carbocycles. The van der Waals surface area contributed by atoms with E-state index in [1.807, 2.05) is 20.8 Å². The highest BCUT2D eigenvalue weighted by atomic mass is 32.2. The molecule has 23 heavy (non-hydrogen) atoms. The van der Waals surface area contributed by atoms with E-state index in [2.05, 4.69) is 20.5 Å². The molecule has 0 saturated carbocycles. The lowest BCUT2D eigenvalue weighted by molar-refractivity contribution is -0.116. The molecular formula is C14H17N5O2S2. The summed E-state index contributed by atoms with van der Waals surface area (Å²) in [6, 6.07) is 1.39. The number of hydrogen-bond acceptors (Lipinski definition) is 7. The number of fused-ring (bicyclic) bond motifs is 1. The van der Waals surface area contributed by atoms with Crippen LogP contribution in [0.1, 0.15) is 42.9 Å². The quantitative estimate of drug-likeness (QED) is 0.850. The molecule has 1 amide bonds. The first-order valence-electron chi connectivity index (χ1n) is 7.30. The van der Waals surface area contributed by atoms with Crippen LogP contribution in [0.5, 0.6) is 0 Å². The van der Waals surface area contributed by atoms with Gasteiger partial charge in [-0.05, 0) is 12.8 Å². The molecule has 122 valence electrons. The zero-order valence-electron chi connectivity index (χ0n) is 13.1. The molecule has 0 bridgehead atoms. The Balaban J connectivity index is 1.75. The van der Waals surface area contributed by atoms with E-state index in [0.717, 1.165) is 10.7 Å². The third-order valence-electron chi connectivity index (χ3n) is 3.49. The first kappa shape index (κ1) is 16.1. The largest absolute Gasteiger partial charge is 0.300 e. The summed E-state index contributed by atoms with van der Waals surface area (Å²) in [6.07, 6.45) is 0.223. The summed E-state index contributed by atoms with van der Waals surface area (Å²) in [5.74, 6) is 0.712. The van der Waals surface area contributed by atoms with Crippen molar-refractivity contribution < 1.29 is 4.79 Å². The Morgan fingerprint density at radius 3 is 2.91 bits per heavy atom. The summed E-state index contributed by atoms with van der Waals surface area (Å²) in [5.41, 5.74) is 0.705. The number of aryl methyl sites for hydroxylation is 1. The second-order valence-corrected chi connectivity index (χ2v) is 7.84. The summed E-state index contributed by atoms with van der Waals surface area (Å²) in [4.78, 5) is 29.0. The maximum absolute atomic E-state index is 12.3. The number of hydrogen-bond donors (Lipinski definition) is 1. The van der Waals surface area contributed by atoms with Gasteiger partial charge in [0.1, 0.15) is 5.01 Å². The average Bonchev–Trinajstić information content (AvgIpc) is 3.05. The average molecular weight is 351 g/mol. The van der Waals surface area contributed by atoms with Crippen molar-refractivity contribution >= 4 is 34.1 Å². The van der Waals surface area contributed by atoms with Gasteiger partial charge in [-0.15, -0.1) is 10.2 Å². The molecule has 7 nitrogen and oxygen atoms in total. The van der Waals surface area contributed by atoms with Gasteiger partial charge in [-0.3, -0.25) is 14.2 Å². The minimum absolute atomic E-state index is 0.0896. The molecule has 0 radical (unpaired) electrons. The fraction of sp³-hybridized carbons (Fsp3) is 0.500. The van der Waals surface area contributed by atoms with Crippen molar-refractivity contribution in [1.82, 2.24) is 19.7 Å². The fourth-order valence-electron chi connectivity index (χ4n) is 2.35. The second-order valence-electron chi connectivity index (χ2n) is 5.67. The van der Waals surface area contributed by atoms with Crippen LogP contribution >= 0.6 is 23.1 Å². The van der Waals surface area contributed by atoms with Gasteiger partial charge in [0.15, 0.2) is 5.16 Å². The molecule has 1 N–H and O–H groups in total. The standard InChI is InChI=1S/C14H17N5O2S2/c1-7(2)10-5-12(21)19-9(6-22-14(19)15-10)4-11(20)16-13-18-17-8(3)23-13/h5,7,9H,4,6H2,1-3H3,(H,16,18,20). The van der Waals surface area contributed by atoms with Crippen molar-refractivity contribution in [2.45, 2.75) is 44.3 Å². The number of anilines is 1. The molecule has 3 heterocycles. The molecule has 2 aromatic heterocycles. The number of thioether (sulfide) groups is 1. The number of nitrogens with one attached hydrogen (secondary N) is 1. The molecule has 0 aromatic carbocycles. The number of amides is 1. The number of carbonyl (C=O) groups excluding carboxylic acids is 1. The number of carbonyl (C=O) groups is 1. The van der Waals surface area contributed by atoms with Gasteiger partial charge in [-0.1, -0.05) is 36.9 Å². The topological polar surface area (TPSA) is 89.8 Å². The van der Waals surface area contributed by atoms with Gasteiger partial charge in [0, 0.05) is 18.2 Å². The maximum atomic E-state index is 12.3. The highest BCUT2D eigenvalue weighted by molar-refractivity contribution is 7.99. The third kappa shape index (κ3) is 3.45. The van der Waals surface area contributed by atoms with Crippen LogP contribution in [0.25, 0.3) is 0 Å². The Morgan fingerprint density at radius 2 is 2.26 bits per heavy atom. The van der Waals surface area contributed by atoms with E-state index in [9.17, 15) is 9.59 Å². The van der Waals surface area contributed by atoms with Crippen LogP contribution in [0.2, 0.25) is 0 Å². The zero-order chi connectivity index (χ0) is 16.6. The molecule has 0 spiro atoms. The van der Waals surface area contributed by atoms with Gasteiger partial charge >= 0.3 is 0 Å². The minimum Gasteiger partial charge on any atom is -0.300 e. The molecule has 1 aliphatic rings. The van der Waals surface area contributed by atoms with Crippen molar-refractivity contribution in [3.05, 3.63) is 27.1 Å². The summed E-state index contributed by atoms with van der Waals surface area (Å²) in [5, 5.41) is 12.4. The molecule has 0 saturated heterocycles. The normalized spacial score (nSPS) is 16.6. The van der Waals surface area contributed by atoms with E-state index < -0.39 is 0 Å². The summed E-state index contributed by atoms with van der Waals surface area (Å²) in [7, 11) is 0. The van der Waals surface area contributed by atoms with Crippen LogP contribution < -0.4 is 10.9 Å². The van der Waals surface area contributed by atoms with Crippen molar-refractivity contribution in [3.63, 3.8) is 0 Å². The third-order valence-corrected chi connectivity index (χ3v) is 5.35. The summed E-state index contributed by atoms with van der Waals surface area (Å²) < 4.78 is 1.63. The Morgan fingerprint density at radius 1 is 1.48 bits per heavy atom. The Hall–Kier alpha value is -1.74. The van der Waals surface area contributed by atoms with Crippen molar-refractivity contribution in [2.75, 3.05) is 11.1 Å². The van der Waals surface area contributed by atoms with Gasteiger partial charge in [0.25, 0.3) is 5.56 Å². The smallest absolute Gasteiger partial charge is 0.254 e. The van der Waals surface area contributed by atoms with Gasteiger partial charge in [-0.2, -0.15) is 0 Å². The number of aromatic nitrogens is 4. The molecule has 3 rings (SSSR count). The van der Waals surface area contributed by atoms with E-state index in [-0.39, 0.29) is 29.8 Å². The SMILES string of the molecule is Cc1nnc(NC(=O)CC2CSc3nc(C(C)C)cc(=O)n32)s1. The predicted molar refractivity (Wildman–Crippen MR) is 90.2 cm³/mol. The number of nitrogens with zero attached hydrogens (tertiary/aromatic N) is 4. The van der Waals surface area contributed by atoms with E-state index in [1.54, 1.807) is 10.6 Å². The highest BCUT2D eigenvalue weighted by Gasteiger charge is 2.28. The Bertz CT molecular complexity index is 799. The fourth-order valence-corrected chi connectivity index (χ4v) is 4.11. The predicted octanol–water partition coefficient (Wildman–Crippen LogP) is 2.20. The van der Waals surface area contributed by atoms with Crippen LogP contribution in [0, 0.1) is 6.92 Å². The van der Waals surface area contributed by atoms with Gasteiger partial charge in [0.2, 0.25) is 11.0 Å². The first-order valence-corrected chi connectivity index (χ1v) is 9.10. The van der Waals surface area contributed by atoms with Crippen molar-refractivity contribution in [3.8, 4) is 0 Å². The highest BCUT2D eigenvalue weighted by Crippen LogP contribution is 2.33. The Kier molecular flexibility index (Phi) is 4.49. The van der Waals surface area contributed by atoms with Crippen LogP contribution in [-0.4, -0.2) is 31.4 Å². The molecule has 1 atom stereocenters. The van der Waals surface area contributed by atoms with Gasteiger partial charge in [0.05, 0.1) is 11.7 Å². The maximum Gasteiger partial charge on any atom is 0.254 e. The van der Waals surface area contributed by atoms with Gasteiger partial charge < -0.3 is 5.32 Å². The summed E-state index contributed by atoms with van der Waals surface area (Å²) >= 11 is 2.85. The molecule has 1 unspecified atom stereocenters. The molecule has 1 aliphatic heterocycles. The van der Waals surface area contributed by atoms with Crippen molar-refractivity contribution in [1.29, 1.82) is 0 Å². The van der Waals surface area contributed by atoms with E-state index in [4.69, 9.17) is 0 Å². The summed E-state index contributed by atoms with van der Waals surface area (Å²) in [6.45, 7) is 5.84. The molecule has 0 fully saturated rings. The monoisotopic (exact) mass is 351 g/mol. The number of rotatable bonds is 4. The lowest BCUT2D eigenvalue weighted by atomic mass is 10.1. The molecular weight excluding hydrogens is 334 g/mol. The molecule has 2 aromatic rings. The lowest BCUT2D eigenvalue weighted by Gasteiger charge is -2.13. The van der Waals surface area contributed by atoms with Gasteiger partial charge in [-0.25, -0.2) is 4.98 Å². The van der Waals surface area contributed by atoms with Crippen molar-refractivity contribution in [2.24, 2.45) is 0 Å². The van der Waals surface area contributed by atoms with Crippen LogP contribution in [0.4, 0.5) is 5.13 Å². The van der Waals surface area contributed by atoms with E-state index in [0.29, 0.717) is 16.0 Å². The van der Waals surface area contributed by atoms with Crippen LogP contribution in [-0.2, 0) is 4.79 Å². The van der Waals surface area contributed by atoms with E-state index in [1.165, 1.54) is 23.1 Å². The zero-order valence-corrected chi connectivity index (χ0v) is 14.7. The Labute approximate surface area is 141 Å². The molecule has 9 heteroatoms. The second kappa shape index (κ2) is 6.40. The van der Waals surface area contributed by atoms with Crippen LogP contribution in [0.15, 0.2) is 16.0 Å². The minimum atomic E-state index is -0.176. The lowest BCUT2D eigenvalue weighted by Crippen LogP contribution is -2.28.